The van der Waals surface area contributed by atoms with Gasteiger partial charge in [0.2, 0.25) is 11.0 Å². The molecule has 164 valence electrons. The molecule has 0 aliphatic carbocycles. The van der Waals surface area contributed by atoms with Crippen LogP contribution in [0.5, 0.6) is 5.75 Å². The van der Waals surface area contributed by atoms with Crippen molar-refractivity contribution >= 4 is 38.9 Å². The SMILES string of the molecule is COc1c(/C(C)=C/C(=O)Nc2nnc(C)s2)cc2c(-c3ccc(C)cc3C)coc2c1C. The summed E-state index contributed by atoms with van der Waals surface area (Å²) in [5.74, 6) is 0.424. The first kappa shape index (κ1) is 21.8. The van der Waals surface area contributed by atoms with Crippen molar-refractivity contribution in [2.24, 2.45) is 0 Å². The lowest BCUT2D eigenvalue weighted by molar-refractivity contribution is -0.111. The largest absolute Gasteiger partial charge is 0.496 e. The van der Waals surface area contributed by atoms with Gasteiger partial charge in [0, 0.05) is 28.2 Å². The number of hydrogen-bond donors (Lipinski definition) is 1. The molecule has 32 heavy (non-hydrogen) atoms. The molecular formula is C25H25N3O3S. The average Bonchev–Trinajstić information content (AvgIpc) is 3.34. The summed E-state index contributed by atoms with van der Waals surface area (Å²) in [7, 11) is 1.63. The van der Waals surface area contributed by atoms with E-state index in [-0.39, 0.29) is 5.91 Å². The smallest absolute Gasteiger partial charge is 0.250 e. The number of carbonyl (C=O) groups is 1. The standard InChI is InChI=1S/C25H25N3O3S/c1-13-7-8-18(14(2)9-13)21-12-31-24-16(4)23(30-6)19(11-20(21)24)15(3)10-22(29)26-25-28-27-17(5)32-25/h7-12H,1-6H3,(H,26,28,29)/b15-10+. The number of carbonyl (C=O) groups excluding carboxylic acids is 1. The summed E-state index contributed by atoms with van der Waals surface area (Å²) >= 11 is 1.33. The normalized spacial score (nSPS) is 11.8. The van der Waals surface area contributed by atoms with Crippen LogP contribution in [0.25, 0.3) is 27.7 Å². The third-order valence-electron chi connectivity index (χ3n) is 5.45. The molecule has 0 unspecified atom stereocenters. The van der Waals surface area contributed by atoms with Crippen molar-refractivity contribution in [2.45, 2.75) is 34.6 Å². The fraction of sp³-hybridized carbons (Fsp3) is 0.240. The van der Waals surface area contributed by atoms with Gasteiger partial charge in [-0.25, -0.2) is 0 Å². The van der Waals surface area contributed by atoms with Crippen molar-refractivity contribution in [1.29, 1.82) is 0 Å². The van der Waals surface area contributed by atoms with Gasteiger partial charge < -0.3 is 9.15 Å². The first-order chi connectivity index (χ1) is 15.3. The highest BCUT2D eigenvalue weighted by atomic mass is 32.1. The van der Waals surface area contributed by atoms with E-state index in [4.69, 9.17) is 9.15 Å². The molecule has 0 atom stereocenters. The summed E-state index contributed by atoms with van der Waals surface area (Å²) in [6.45, 7) is 9.89. The maximum atomic E-state index is 12.6. The lowest BCUT2D eigenvalue weighted by Crippen LogP contribution is -2.08. The molecule has 1 N–H and O–H groups in total. The highest BCUT2D eigenvalue weighted by molar-refractivity contribution is 7.15. The van der Waals surface area contributed by atoms with Gasteiger partial charge in [0.05, 0.1) is 13.4 Å². The van der Waals surface area contributed by atoms with Gasteiger partial charge in [-0.3, -0.25) is 10.1 Å². The third kappa shape index (κ3) is 4.03. The molecule has 0 radical (unpaired) electrons. The lowest BCUT2D eigenvalue weighted by atomic mass is 9.94. The molecule has 1 amide bonds. The number of rotatable bonds is 5. The number of nitrogens with zero attached hydrogens (tertiary/aromatic N) is 2. The number of allylic oxidation sites excluding steroid dienone is 1. The molecular weight excluding hydrogens is 422 g/mol. The minimum Gasteiger partial charge on any atom is -0.496 e. The quantitative estimate of drug-likeness (QED) is 0.367. The van der Waals surface area contributed by atoms with E-state index < -0.39 is 0 Å². The van der Waals surface area contributed by atoms with Crippen LogP contribution in [0, 0.1) is 27.7 Å². The van der Waals surface area contributed by atoms with E-state index in [9.17, 15) is 4.79 Å². The Morgan fingerprint density at radius 3 is 2.56 bits per heavy atom. The van der Waals surface area contributed by atoms with Crippen LogP contribution in [-0.4, -0.2) is 23.2 Å². The number of amides is 1. The Hall–Kier alpha value is -3.45. The van der Waals surface area contributed by atoms with Crippen molar-refractivity contribution in [3.8, 4) is 16.9 Å². The van der Waals surface area contributed by atoms with Gasteiger partial charge in [0.15, 0.2) is 0 Å². The first-order valence-electron chi connectivity index (χ1n) is 10.2. The number of furan rings is 1. The van der Waals surface area contributed by atoms with E-state index in [0.717, 1.165) is 43.8 Å². The monoisotopic (exact) mass is 447 g/mol. The zero-order valence-corrected chi connectivity index (χ0v) is 19.8. The van der Waals surface area contributed by atoms with Crippen molar-refractivity contribution in [1.82, 2.24) is 10.2 Å². The molecule has 0 saturated heterocycles. The first-order valence-corrected chi connectivity index (χ1v) is 11.1. The number of fused-ring (bicyclic) bond motifs is 1. The van der Waals surface area contributed by atoms with E-state index in [1.54, 1.807) is 19.4 Å². The zero-order chi connectivity index (χ0) is 23.0. The molecule has 0 aliphatic rings. The van der Waals surface area contributed by atoms with Gasteiger partial charge in [-0.2, -0.15) is 0 Å². The minimum atomic E-state index is -0.264. The molecule has 0 saturated carbocycles. The number of aromatic nitrogens is 2. The van der Waals surface area contributed by atoms with Gasteiger partial charge in [0.25, 0.3) is 0 Å². The molecule has 0 fully saturated rings. The molecule has 2 aromatic carbocycles. The summed E-state index contributed by atoms with van der Waals surface area (Å²) in [5.41, 5.74) is 7.83. The second kappa shape index (κ2) is 8.59. The number of benzene rings is 2. The van der Waals surface area contributed by atoms with Crippen molar-refractivity contribution in [3.05, 3.63) is 63.9 Å². The molecule has 2 aromatic heterocycles. The summed E-state index contributed by atoms with van der Waals surface area (Å²) in [4.78, 5) is 12.6. The Morgan fingerprint density at radius 2 is 1.91 bits per heavy atom. The predicted octanol–water partition coefficient (Wildman–Crippen LogP) is 6.24. The summed E-state index contributed by atoms with van der Waals surface area (Å²) in [5, 5.41) is 12.9. The maximum absolute atomic E-state index is 12.6. The Kier molecular flexibility index (Phi) is 5.84. The number of methoxy groups -OCH3 is 1. The van der Waals surface area contributed by atoms with Crippen LogP contribution in [0.1, 0.15) is 34.2 Å². The summed E-state index contributed by atoms with van der Waals surface area (Å²) in [6, 6.07) is 8.42. The summed E-state index contributed by atoms with van der Waals surface area (Å²) < 4.78 is 11.7. The molecule has 6 nitrogen and oxygen atoms in total. The highest BCUT2D eigenvalue weighted by Crippen LogP contribution is 2.41. The van der Waals surface area contributed by atoms with Gasteiger partial charge in [-0.1, -0.05) is 35.1 Å². The van der Waals surface area contributed by atoms with Crippen molar-refractivity contribution < 1.29 is 13.9 Å². The fourth-order valence-electron chi connectivity index (χ4n) is 3.96. The second-order valence-corrected chi connectivity index (χ2v) is 9.05. The molecule has 7 heteroatoms. The number of hydrogen-bond acceptors (Lipinski definition) is 6. The van der Waals surface area contributed by atoms with Crippen LogP contribution in [0.2, 0.25) is 0 Å². The van der Waals surface area contributed by atoms with E-state index in [0.29, 0.717) is 10.9 Å². The van der Waals surface area contributed by atoms with Gasteiger partial charge >= 0.3 is 0 Å². The van der Waals surface area contributed by atoms with Gasteiger partial charge in [-0.05, 0) is 57.4 Å². The second-order valence-electron chi connectivity index (χ2n) is 7.87. The zero-order valence-electron chi connectivity index (χ0n) is 19.0. The maximum Gasteiger partial charge on any atom is 0.250 e. The minimum absolute atomic E-state index is 0.264. The highest BCUT2D eigenvalue weighted by Gasteiger charge is 2.19. The number of anilines is 1. The van der Waals surface area contributed by atoms with Crippen LogP contribution in [0.15, 0.2) is 41.0 Å². The Morgan fingerprint density at radius 1 is 1.12 bits per heavy atom. The van der Waals surface area contributed by atoms with E-state index in [1.807, 2.05) is 26.8 Å². The van der Waals surface area contributed by atoms with Crippen molar-refractivity contribution in [2.75, 3.05) is 12.4 Å². The van der Waals surface area contributed by atoms with Crippen LogP contribution >= 0.6 is 11.3 Å². The van der Waals surface area contributed by atoms with Crippen LogP contribution in [0.3, 0.4) is 0 Å². The number of nitrogens with one attached hydrogen (secondary N) is 1. The topological polar surface area (TPSA) is 77.2 Å². The van der Waals surface area contributed by atoms with Crippen LogP contribution in [-0.2, 0) is 4.79 Å². The van der Waals surface area contributed by atoms with E-state index in [2.05, 4.69) is 47.6 Å². The Balaban J connectivity index is 1.80. The van der Waals surface area contributed by atoms with Crippen LogP contribution in [0.4, 0.5) is 5.13 Å². The van der Waals surface area contributed by atoms with Crippen LogP contribution < -0.4 is 10.1 Å². The Bertz CT molecular complexity index is 1360. The van der Waals surface area contributed by atoms with Gasteiger partial charge in [-0.15, -0.1) is 10.2 Å². The van der Waals surface area contributed by atoms with E-state index >= 15 is 0 Å². The van der Waals surface area contributed by atoms with E-state index in [1.165, 1.54) is 22.5 Å². The summed E-state index contributed by atoms with van der Waals surface area (Å²) in [6.07, 6.45) is 3.35. The molecule has 0 bridgehead atoms. The fourth-order valence-corrected chi connectivity index (χ4v) is 4.55. The average molecular weight is 448 g/mol. The molecule has 0 aliphatic heterocycles. The van der Waals surface area contributed by atoms with Crippen molar-refractivity contribution in [3.63, 3.8) is 0 Å². The van der Waals surface area contributed by atoms with Gasteiger partial charge in [0.1, 0.15) is 16.3 Å². The number of aryl methyl sites for hydroxylation is 4. The Labute approximate surface area is 190 Å². The predicted molar refractivity (Wildman–Crippen MR) is 129 cm³/mol. The number of ether oxygens (including phenoxy) is 1. The molecule has 2 heterocycles. The third-order valence-corrected chi connectivity index (χ3v) is 6.20. The lowest BCUT2D eigenvalue weighted by Gasteiger charge is -2.13. The molecule has 4 rings (SSSR count). The molecule has 4 aromatic rings. The molecule has 0 spiro atoms.